The highest BCUT2D eigenvalue weighted by Gasteiger charge is 2.05. The zero-order chi connectivity index (χ0) is 7.84. The second kappa shape index (κ2) is 2.42. The molecule has 56 valence electrons. The van der Waals surface area contributed by atoms with Crippen molar-refractivity contribution in [2.24, 2.45) is 0 Å². The summed E-state index contributed by atoms with van der Waals surface area (Å²) in [7, 11) is 0. The van der Waals surface area contributed by atoms with Crippen LogP contribution < -0.4 is 4.98 Å². The minimum Gasteiger partial charge on any atom is -0.406 e. The number of fused-ring (bicyclic) bond motifs is 1. The van der Waals surface area contributed by atoms with Gasteiger partial charge in [0.05, 0.1) is 4.47 Å². The molecule has 0 fully saturated rings. The number of H-pyrrole nitrogens is 2. The first kappa shape index (κ1) is 7.00. The predicted octanol–water partition coefficient (Wildman–Crippen LogP) is 2.07. The summed E-state index contributed by atoms with van der Waals surface area (Å²) in [6.07, 6.45) is 1.81. The Morgan fingerprint density at radius 3 is 3.27 bits per heavy atom. The van der Waals surface area contributed by atoms with Gasteiger partial charge in [0.2, 0.25) is 5.58 Å². The molecule has 0 aromatic carbocycles. The molecule has 0 aliphatic carbocycles. The van der Waals surface area contributed by atoms with Gasteiger partial charge in [-0.1, -0.05) is 0 Å². The fourth-order valence-corrected chi connectivity index (χ4v) is 1.37. The van der Waals surface area contributed by atoms with Crippen LogP contribution in [-0.4, -0.2) is 4.98 Å². The van der Waals surface area contributed by atoms with Crippen LogP contribution in [0.1, 0.15) is 0 Å². The Bertz CT molecular complexity index is 447. The molecule has 2 rings (SSSR count). The van der Waals surface area contributed by atoms with E-state index < -0.39 is 0 Å². The number of nitrogens with one attached hydrogen (secondary N) is 2. The van der Waals surface area contributed by atoms with Crippen molar-refractivity contribution in [1.82, 2.24) is 4.98 Å². The fraction of sp³-hybridized carbons (Fsp3) is 0. The fourth-order valence-electron chi connectivity index (χ4n) is 0.857. The van der Waals surface area contributed by atoms with Gasteiger partial charge < -0.3 is 4.42 Å². The first-order valence-electron chi connectivity index (χ1n) is 2.96. The van der Waals surface area contributed by atoms with Gasteiger partial charge in [-0.3, -0.25) is 0 Å². The Morgan fingerprint density at radius 1 is 1.64 bits per heavy atom. The normalized spacial score (nSPS) is 10.6. The second-order valence-electron chi connectivity index (χ2n) is 2.07. The van der Waals surface area contributed by atoms with E-state index in [4.69, 9.17) is 16.6 Å². The summed E-state index contributed by atoms with van der Waals surface area (Å²) in [5.74, 6) is 0. The molecule has 0 unspecified atom stereocenters. The average Bonchev–Trinajstić information content (AvgIpc) is 2.27. The molecule has 0 saturated carbocycles. The summed E-state index contributed by atoms with van der Waals surface area (Å²) in [6, 6.07) is 1.85. The maximum Gasteiger partial charge on any atom is 0.359 e. The minimum atomic E-state index is 0.384. The van der Waals surface area contributed by atoms with Gasteiger partial charge >= 0.3 is 10.5 Å². The first-order chi connectivity index (χ1) is 5.25. The van der Waals surface area contributed by atoms with Crippen molar-refractivity contribution in [3.05, 3.63) is 21.6 Å². The Morgan fingerprint density at radius 2 is 2.45 bits per heavy atom. The van der Waals surface area contributed by atoms with Crippen LogP contribution in [0.15, 0.2) is 21.2 Å². The van der Waals surface area contributed by atoms with Crippen molar-refractivity contribution in [3.63, 3.8) is 0 Å². The molecule has 2 aromatic rings. The van der Waals surface area contributed by atoms with Crippen LogP contribution in [0.4, 0.5) is 0 Å². The Labute approximate surface area is 75.6 Å². The summed E-state index contributed by atoms with van der Waals surface area (Å²) in [6.45, 7) is 0. The first-order valence-corrected chi connectivity index (χ1v) is 4.16. The molecule has 2 N–H and O–H groups in total. The summed E-state index contributed by atoms with van der Waals surface area (Å²) in [4.78, 5) is 6.22. The third-order valence-electron chi connectivity index (χ3n) is 1.30. The van der Waals surface area contributed by atoms with Gasteiger partial charge in [0, 0.05) is 18.3 Å². The van der Waals surface area contributed by atoms with E-state index in [1.54, 1.807) is 0 Å². The lowest BCUT2D eigenvalue weighted by Crippen LogP contribution is -2.01. The van der Waals surface area contributed by atoms with E-state index in [2.05, 4.69) is 25.9 Å². The van der Waals surface area contributed by atoms with E-state index in [-0.39, 0.29) is 0 Å². The van der Waals surface area contributed by atoms with Crippen LogP contribution in [0.5, 0.6) is 0 Å². The van der Waals surface area contributed by atoms with Crippen molar-refractivity contribution >= 4 is 39.4 Å². The largest absolute Gasteiger partial charge is 0.406 e. The predicted molar refractivity (Wildman–Crippen MR) is 45.7 cm³/mol. The number of halogens is 1. The summed E-state index contributed by atoms with van der Waals surface area (Å²) >= 11 is 8.10. The van der Waals surface area contributed by atoms with E-state index in [9.17, 15) is 0 Å². The quantitative estimate of drug-likeness (QED) is 0.706. The zero-order valence-corrected chi connectivity index (χ0v) is 7.75. The molecule has 0 saturated heterocycles. The van der Waals surface area contributed by atoms with Crippen LogP contribution >= 0.6 is 28.1 Å². The maximum absolute atomic E-state index is 5.15. The molecule has 2 aromatic heterocycles. The molecule has 0 aliphatic rings. The summed E-state index contributed by atoms with van der Waals surface area (Å²) in [5.41, 5.74) is 1.53. The molecule has 0 spiro atoms. The van der Waals surface area contributed by atoms with E-state index >= 15 is 0 Å². The SMILES string of the molecule is S=c1[nH]c2[nH+]cc(Br)cc2o1. The number of pyridine rings is 1. The van der Waals surface area contributed by atoms with Gasteiger partial charge in [0.25, 0.3) is 0 Å². The third kappa shape index (κ3) is 1.21. The van der Waals surface area contributed by atoms with Crippen molar-refractivity contribution in [2.75, 3.05) is 0 Å². The molecule has 0 atom stereocenters. The summed E-state index contributed by atoms with van der Waals surface area (Å²) in [5, 5.41) is 0. The van der Waals surface area contributed by atoms with Crippen LogP contribution in [0.3, 0.4) is 0 Å². The maximum atomic E-state index is 5.15. The lowest BCUT2D eigenvalue weighted by molar-refractivity contribution is -0.348. The monoisotopic (exact) mass is 231 g/mol. The molecular weight excluding hydrogens is 228 g/mol. The molecule has 0 aliphatic heterocycles. The van der Waals surface area contributed by atoms with Crippen LogP contribution in [0, 0.1) is 4.84 Å². The van der Waals surface area contributed by atoms with Crippen LogP contribution in [-0.2, 0) is 0 Å². The molecule has 2 heterocycles. The third-order valence-corrected chi connectivity index (χ3v) is 1.94. The Balaban J connectivity index is 2.92. The highest BCUT2D eigenvalue weighted by atomic mass is 79.9. The molecule has 3 nitrogen and oxygen atoms in total. The van der Waals surface area contributed by atoms with E-state index in [0.717, 1.165) is 15.7 Å². The number of oxazole rings is 1. The highest BCUT2D eigenvalue weighted by Crippen LogP contribution is 2.13. The molecule has 0 radical (unpaired) electrons. The van der Waals surface area contributed by atoms with Crippen molar-refractivity contribution in [3.8, 4) is 0 Å². The van der Waals surface area contributed by atoms with Gasteiger partial charge in [-0.25, -0.2) is 4.98 Å². The zero-order valence-electron chi connectivity index (χ0n) is 5.35. The number of aromatic nitrogens is 2. The second-order valence-corrected chi connectivity index (χ2v) is 3.36. The lowest BCUT2D eigenvalue weighted by Gasteiger charge is -1.81. The minimum absolute atomic E-state index is 0.384. The Hall–Kier alpha value is -0.680. The Kier molecular flexibility index (Phi) is 1.54. The van der Waals surface area contributed by atoms with E-state index in [1.807, 2.05) is 12.3 Å². The molecular formula is C6H4BrN2OS+. The topological polar surface area (TPSA) is 43.1 Å². The van der Waals surface area contributed by atoms with E-state index in [1.165, 1.54) is 0 Å². The van der Waals surface area contributed by atoms with Crippen molar-refractivity contribution in [1.29, 1.82) is 0 Å². The van der Waals surface area contributed by atoms with Crippen LogP contribution in [0.2, 0.25) is 0 Å². The number of rotatable bonds is 0. The van der Waals surface area contributed by atoms with Gasteiger partial charge in [-0.2, -0.15) is 4.98 Å². The van der Waals surface area contributed by atoms with Crippen LogP contribution in [0.25, 0.3) is 11.2 Å². The molecule has 0 bridgehead atoms. The standard InChI is InChI=1S/C6H3BrN2OS/c7-3-1-4-5(8-2-3)9-6(11)10-4/h1-2H,(H,8,9,11)/p+1. The van der Waals surface area contributed by atoms with E-state index in [0.29, 0.717) is 4.84 Å². The average molecular weight is 232 g/mol. The van der Waals surface area contributed by atoms with Gasteiger partial charge in [0.1, 0.15) is 6.20 Å². The van der Waals surface area contributed by atoms with Crippen molar-refractivity contribution < 1.29 is 9.40 Å². The lowest BCUT2D eigenvalue weighted by atomic mass is 10.5. The molecule has 5 heteroatoms. The van der Waals surface area contributed by atoms with Gasteiger partial charge in [-0.15, -0.1) is 0 Å². The smallest absolute Gasteiger partial charge is 0.359 e. The number of hydrogen-bond donors (Lipinski definition) is 1. The van der Waals surface area contributed by atoms with Crippen molar-refractivity contribution in [2.45, 2.75) is 0 Å². The molecule has 11 heavy (non-hydrogen) atoms. The van der Waals surface area contributed by atoms with Gasteiger partial charge in [-0.05, 0) is 15.9 Å². The molecule has 0 amide bonds. The number of aromatic amines is 2. The summed E-state index contributed by atoms with van der Waals surface area (Å²) < 4.78 is 6.08. The van der Waals surface area contributed by atoms with Gasteiger partial charge in [0.15, 0.2) is 0 Å². The highest BCUT2D eigenvalue weighted by molar-refractivity contribution is 9.10. The number of hydrogen-bond acceptors (Lipinski definition) is 2.